The normalized spacial score (nSPS) is 23.0. The molecule has 2 unspecified atom stereocenters. The fourth-order valence-electron chi connectivity index (χ4n) is 5.61. The second-order valence-corrected chi connectivity index (χ2v) is 10.1. The SMILES string of the molecule is Cc1nc(N2CC(Nc3[nH]ncc3C3CC3)CC2C(=O)C2CCC2)c2oc3ccccc3c2n1. The maximum Gasteiger partial charge on any atom is 0.196 e. The minimum absolute atomic E-state index is 0.113. The zero-order valence-corrected chi connectivity index (χ0v) is 19.3. The number of nitrogens with zero attached hydrogens (tertiary/aromatic N) is 4. The van der Waals surface area contributed by atoms with Gasteiger partial charge in [-0.05, 0) is 57.1 Å². The van der Waals surface area contributed by atoms with E-state index in [2.05, 4.69) is 20.4 Å². The third kappa shape index (κ3) is 3.19. The van der Waals surface area contributed by atoms with Crippen LogP contribution in [0.5, 0.6) is 0 Å². The van der Waals surface area contributed by atoms with Gasteiger partial charge in [0.1, 0.15) is 22.7 Å². The smallest absolute Gasteiger partial charge is 0.196 e. The number of aromatic amines is 1. The van der Waals surface area contributed by atoms with Crippen LogP contribution >= 0.6 is 0 Å². The van der Waals surface area contributed by atoms with Crippen LogP contribution in [0.4, 0.5) is 11.6 Å². The topological polar surface area (TPSA) is 99.9 Å². The van der Waals surface area contributed by atoms with Gasteiger partial charge in [-0.2, -0.15) is 5.10 Å². The van der Waals surface area contributed by atoms with Crippen LogP contribution in [0, 0.1) is 12.8 Å². The van der Waals surface area contributed by atoms with Gasteiger partial charge in [0, 0.05) is 29.5 Å². The average molecular weight is 457 g/mol. The molecule has 1 saturated heterocycles. The van der Waals surface area contributed by atoms with Gasteiger partial charge in [-0.3, -0.25) is 9.89 Å². The predicted molar refractivity (Wildman–Crippen MR) is 130 cm³/mol. The maximum absolute atomic E-state index is 13.6. The van der Waals surface area contributed by atoms with Crippen molar-refractivity contribution in [1.82, 2.24) is 20.2 Å². The molecule has 4 heterocycles. The highest BCUT2D eigenvalue weighted by molar-refractivity contribution is 6.06. The van der Waals surface area contributed by atoms with Crippen molar-refractivity contribution in [3.05, 3.63) is 41.9 Å². The molecule has 8 nitrogen and oxygen atoms in total. The van der Waals surface area contributed by atoms with Gasteiger partial charge in [-0.15, -0.1) is 0 Å². The van der Waals surface area contributed by atoms with E-state index in [-0.39, 0.29) is 18.0 Å². The van der Waals surface area contributed by atoms with E-state index in [1.54, 1.807) is 0 Å². The van der Waals surface area contributed by atoms with Crippen LogP contribution in [-0.4, -0.2) is 44.6 Å². The van der Waals surface area contributed by atoms with Gasteiger partial charge in [0.25, 0.3) is 0 Å². The van der Waals surface area contributed by atoms with E-state index in [1.165, 1.54) is 18.4 Å². The Morgan fingerprint density at radius 3 is 2.82 bits per heavy atom. The lowest BCUT2D eigenvalue weighted by Crippen LogP contribution is -2.42. The summed E-state index contributed by atoms with van der Waals surface area (Å²) in [6.45, 7) is 2.58. The molecule has 2 saturated carbocycles. The van der Waals surface area contributed by atoms with Crippen LogP contribution in [0.3, 0.4) is 0 Å². The Balaban J connectivity index is 1.28. The number of carbonyl (C=O) groups excluding carboxylic acids is 1. The van der Waals surface area contributed by atoms with Crippen molar-refractivity contribution in [1.29, 1.82) is 0 Å². The molecule has 3 fully saturated rings. The van der Waals surface area contributed by atoms with Crippen LogP contribution in [0.2, 0.25) is 0 Å². The van der Waals surface area contributed by atoms with E-state index in [1.807, 2.05) is 37.4 Å². The Bertz CT molecular complexity index is 1400. The van der Waals surface area contributed by atoms with E-state index in [9.17, 15) is 4.79 Å². The zero-order chi connectivity index (χ0) is 22.8. The second-order valence-electron chi connectivity index (χ2n) is 10.1. The van der Waals surface area contributed by atoms with Gasteiger partial charge in [0.15, 0.2) is 17.2 Å². The number of hydrogen-bond donors (Lipinski definition) is 2. The molecule has 0 spiro atoms. The number of benzene rings is 1. The number of ketones is 1. The molecule has 8 heteroatoms. The number of furan rings is 1. The fourth-order valence-corrected chi connectivity index (χ4v) is 5.61. The van der Waals surface area contributed by atoms with Crippen LogP contribution in [0.15, 0.2) is 34.9 Å². The first-order chi connectivity index (χ1) is 16.7. The molecule has 1 aromatic carbocycles. The second kappa shape index (κ2) is 7.55. The molecule has 2 aliphatic carbocycles. The van der Waals surface area contributed by atoms with Gasteiger partial charge < -0.3 is 14.6 Å². The average Bonchev–Trinajstić information content (AvgIpc) is 3.22. The van der Waals surface area contributed by atoms with Crippen LogP contribution < -0.4 is 10.2 Å². The van der Waals surface area contributed by atoms with Crippen molar-refractivity contribution in [2.24, 2.45) is 5.92 Å². The van der Waals surface area contributed by atoms with E-state index >= 15 is 0 Å². The molecular formula is C26H28N6O2. The highest BCUT2D eigenvalue weighted by Gasteiger charge is 2.43. The van der Waals surface area contributed by atoms with Gasteiger partial charge in [-0.25, -0.2) is 9.97 Å². The van der Waals surface area contributed by atoms with E-state index in [4.69, 9.17) is 14.4 Å². The van der Waals surface area contributed by atoms with Gasteiger partial charge in [0.05, 0.1) is 12.2 Å². The Morgan fingerprint density at radius 1 is 1.18 bits per heavy atom. The minimum atomic E-state index is -0.221. The molecular weight excluding hydrogens is 428 g/mol. The highest BCUT2D eigenvalue weighted by Crippen LogP contribution is 2.44. The first-order valence-corrected chi connectivity index (χ1v) is 12.4. The van der Waals surface area contributed by atoms with E-state index in [0.717, 1.165) is 53.8 Å². The molecule has 34 heavy (non-hydrogen) atoms. The Hall–Kier alpha value is -3.42. The monoisotopic (exact) mass is 456 g/mol. The lowest BCUT2D eigenvalue weighted by molar-refractivity contribution is -0.126. The largest absolute Gasteiger partial charge is 0.450 e. The standard InChI is InChI=1S/C26H28N6O2/c1-14-28-22-18-7-2-3-8-21(18)34-24(22)26(29-14)32-13-17(11-20(32)23(33)16-5-4-6-16)30-25-19(12-27-31-25)15-9-10-15/h2-3,7-8,12,15-17,20H,4-6,9-11,13H2,1H3,(H2,27,30,31). The third-order valence-electron chi connectivity index (χ3n) is 7.76. The Morgan fingerprint density at radius 2 is 2.03 bits per heavy atom. The van der Waals surface area contributed by atoms with Crippen LogP contribution in [-0.2, 0) is 4.79 Å². The minimum Gasteiger partial charge on any atom is -0.450 e. The van der Waals surface area contributed by atoms with E-state index in [0.29, 0.717) is 29.7 Å². The lowest BCUT2D eigenvalue weighted by atomic mass is 9.79. The third-order valence-corrected chi connectivity index (χ3v) is 7.76. The summed E-state index contributed by atoms with van der Waals surface area (Å²) in [6, 6.07) is 7.84. The van der Waals surface area contributed by atoms with Crippen molar-refractivity contribution >= 4 is 39.5 Å². The summed E-state index contributed by atoms with van der Waals surface area (Å²) in [7, 11) is 0. The predicted octanol–water partition coefficient (Wildman–Crippen LogP) is 4.71. The molecule has 4 aromatic rings. The quantitative estimate of drug-likeness (QED) is 0.433. The molecule has 2 atom stereocenters. The summed E-state index contributed by atoms with van der Waals surface area (Å²) in [4.78, 5) is 25.3. The molecule has 2 N–H and O–H groups in total. The number of aromatic nitrogens is 4. The summed E-state index contributed by atoms with van der Waals surface area (Å²) in [5.41, 5.74) is 3.53. The molecule has 0 radical (unpaired) electrons. The summed E-state index contributed by atoms with van der Waals surface area (Å²) >= 11 is 0. The van der Waals surface area contributed by atoms with Crippen molar-refractivity contribution in [2.45, 2.75) is 63.5 Å². The number of anilines is 2. The number of carbonyl (C=O) groups is 1. The number of Topliss-reactive ketones (excluding diaryl/α,β-unsaturated/α-hetero) is 1. The number of H-pyrrole nitrogens is 1. The van der Waals surface area contributed by atoms with Gasteiger partial charge >= 0.3 is 0 Å². The number of nitrogens with one attached hydrogen (secondary N) is 2. The van der Waals surface area contributed by atoms with Crippen molar-refractivity contribution < 1.29 is 9.21 Å². The van der Waals surface area contributed by atoms with Crippen LogP contribution in [0.25, 0.3) is 22.1 Å². The van der Waals surface area contributed by atoms with E-state index < -0.39 is 0 Å². The van der Waals surface area contributed by atoms with Crippen molar-refractivity contribution in [3.8, 4) is 0 Å². The lowest BCUT2D eigenvalue weighted by Gasteiger charge is -2.31. The van der Waals surface area contributed by atoms with Crippen molar-refractivity contribution in [2.75, 3.05) is 16.8 Å². The number of fused-ring (bicyclic) bond motifs is 3. The van der Waals surface area contributed by atoms with Crippen molar-refractivity contribution in [3.63, 3.8) is 0 Å². The van der Waals surface area contributed by atoms with Crippen LogP contribution in [0.1, 0.15) is 55.8 Å². The number of para-hydroxylation sites is 1. The molecule has 174 valence electrons. The molecule has 3 aromatic heterocycles. The first-order valence-electron chi connectivity index (χ1n) is 12.4. The summed E-state index contributed by atoms with van der Waals surface area (Å²) in [5, 5.41) is 12.1. The molecule has 0 bridgehead atoms. The Labute approximate surface area is 197 Å². The molecule has 3 aliphatic rings. The summed E-state index contributed by atoms with van der Waals surface area (Å²) in [6.07, 6.45) is 8.26. The fraction of sp³-hybridized carbons (Fsp3) is 0.462. The highest BCUT2D eigenvalue weighted by atomic mass is 16.3. The Kier molecular flexibility index (Phi) is 4.44. The van der Waals surface area contributed by atoms with Gasteiger partial charge in [0.2, 0.25) is 0 Å². The number of hydrogen-bond acceptors (Lipinski definition) is 7. The van der Waals surface area contributed by atoms with Gasteiger partial charge in [-0.1, -0.05) is 18.6 Å². The molecule has 1 aliphatic heterocycles. The summed E-state index contributed by atoms with van der Waals surface area (Å²) < 4.78 is 6.27. The summed E-state index contributed by atoms with van der Waals surface area (Å²) in [5.74, 6) is 3.51. The molecule has 7 rings (SSSR count). The first kappa shape index (κ1) is 20.0. The molecule has 0 amide bonds. The number of aryl methyl sites for hydroxylation is 1. The number of rotatable bonds is 6. The zero-order valence-electron chi connectivity index (χ0n) is 19.3. The maximum atomic E-state index is 13.6.